The molecule has 0 saturated carbocycles. The summed E-state index contributed by atoms with van der Waals surface area (Å²) in [5.41, 5.74) is 7.38. The van der Waals surface area contributed by atoms with Crippen LogP contribution in [0.15, 0.2) is 35.7 Å². The highest BCUT2D eigenvalue weighted by atomic mass is 16.4. The predicted molar refractivity (Wildman–Crippen MR) is 72.3 cm³/mol. The first kappa shape index (κ1) is 12.2. The van der Waals surface area contributed by atoms with Crippen LogP contribution in [0.5, 0.6) is 0 Å². The van der Waals surface area contributed by atoms with Crippen molar-refractivity contribution in [3.63, 3.8) is 0 Å². The highest BCUT2D eigenvalue weighted by Crippen LogP contribution is 2.17. The SMILES string of the molecule is Cn1nc(Cn2cnc(C(N)=NO)n2)c2ccccc21. The first-order valence-corrected chi connectivity index (χ1v) is 5.97. The molecule has 3 N–H and O–H groups in total. The van der Waals surface area contributed by atoms with Gasteiger partial charge in [0.15, 0.2) is 0 Å². The molecule has 0 fully saturated rings. The van der Waals surface area contributed by atoms with Gasteiger partial charge in [-0.15, -0.1) is 5.10 Å². The van der Waals surface area contributed by atoms with E-state index in [1.165, 1.54) is 6.33 Å². The van der Waals surface area contributed by atoms with E-state index in [1.54, 1.807) is 4.68 Å². The number of benzene rings is 1. The third-order valence-electron chi connectivity index (χ3n) is 3.02. The fourth-order valence-electron chi connectivity index (χ4n) is 2.09. The van der Waals surface area contributed by atoms with Gasteiger partial charge in [-0.1, -0.05) is 23.4 Å². The van der Waals surface area contributed by atoms with Gasteiger partial charge in [0, 0.05) is 12.4 Å². The Bertz CT molecular complexity index is 786. The minimum Gasteiger partial charge on any atom is -0.409 e. The molecule has 8 nitrogen and oxygen atoms in total. The standard InChI is InChI=1S/C12H13N7O/c1-18-10-5-3-2-4-8(10)9(15-18)6-19-7-14-12(16-19)11(13)17-20/h2-5,7,20H,6H2,1H3,(H2,13,17). The lowest BCUT2D eigenvalue weighted by Gasteiger charge is -1.97. The number of hydrogen-bond acceptors (Lipinski definition) is 5. The molecule has 0 aliphatic heterocycles. The number of hydrogen-bond donors (Lipinski definition) is 2. The zero-order valence-corrected chi connectivity index (χ0v) is 10.8. The van der Waals surface area contributed by atoms with E-state index in [4.69, 9.17) is 10.9 Å². The summed E-state index contributed by atoms with van der Waals surface area (Å²) < 4.78 is 3.42. The second kappa shape index (κ2) is 4.65. The number of para-hydroxylation sites is 1. The molecule has 0 aliphatic rings. The third-order valence-corrected chi connectivity index (χ3v) is 3.02. The minimum atomic E-state index is -0.116. The second-order valence-corrected chi connectivity index (χ2v) is 4.34. The molecule has 0 unspecified atom stereocenters. The summed E-state index contributed by atoms with van der Waals surface area (Å²) in [7, 11) is 1.90. The number of nitrogens with zero attached hydrogens (tertiary/aromatic N) is 6. The minimum absolute atomic E-state index is 0.116. The molecule has 2 heterocycles. The summed E-state index contributed by atoms with van der Waals surface area (Å²) in [4.78, 5) is 3.97. The van der Waals surface area contributed by atoms with Gasteiger partial charge in [0.25, 0.3) is 0 Å². The maximum absolute atomic E-state index is 8.59. The van der Waals surface area contributed by atoms with Crippen LogP contribution in [0.2, 0.25) is 0 Å². The molecule has 0 aliphatic carbocycles. The first-order valence-electron chi connectivity index (χ1n) is 5.97. The summed E-state index contributed by atoms with van der Waals surface area (Å²) in [6.07, 6.45) is 1.52. The third kappa shape index (κ3) is 1.96. The van der Waals surface area contributed by atoms with E-state index in [0.29, 0.717) is 6.54 Å². The van der Waals surface area contributed by atoms with Crippen LogP contribution in [-0.2, 0) is 13.6 Å². The van der Waals surface area contributed by atoms with Gasteiger partial charge in [0.05, 0.1) is 17.8 Å². The number of nitrogens with two attached hydrogens (primary N) is 1. The highest BCUT2D eigenvalue weighted by Gasteiger charge is 2.11. The normalized spacial score (nSPS) is 12.2. The number of oxime groups is 1. The lowest BCUT2D eigenvalue weighted by Crippen LogP contribution is -2.15. The summed E-state index contributed by atoms with van der Waals surface area (Å²) >= 11 is 0. The van der Waals surface area contributed by atoms with Gasteiger partial charge >= 0.3 is 0 Å². The van der Waals surface area contributed by atoms with Crippen LogP contribution < -0.4 is 5.73 Å². The van der Waals surface area contributed by atoms with Gasteiger partial charge in [0.1, 0.15) is 6.33 Å². The number of amidine groups is 1. The van der Waals surface area contributed by atoms with E-state index >= 15 is 0 Å². The Kier molecular flexibility index (Phi) is 2.82. The van der Waals surface area contributed by atoms with Crippen LogP contribution in [-0.4, -0.2) is 35.6 Å². The molecular formula is C12H13N7O. The molecular weight excluding hydrogens is 258 g/mol. The first-order chi connectivity index (χ1) is 9.69. The molecule has 8 heteroatoms. The van der Waals surface area contributed by atoms with Crippen molar-refractivity contribution < 1.29 is 5.21 Å². The molecule has 102 valence electrons. The second-order valence-electron chi connectivity index (χ2n) is 4.34. The lowest BCUT2D eigenvalue weighted by atomic mass is 10.2. The molecule has 0 saturated heterocycles. The van der Waals surface area contributed by atoms with Crippen LogP contribution in [0.25, 0.3) is 10.9 Å². The van der Waals surface area contributed by atoms with Gasteiger partial charge in [0.2, 0.25) is 11.7 Å². The van der Waals surface area contributed by atoms with Gasteiger partial charge in [-0.3, -0.25) is 4.68 Å². The smallest absolute Gasteiger partial charge is 0.219 e. The van der Waals surface area contributed by atoms with Crippen molar-refractivity contribution >= 4 is 16.7 Å². The van der Waals surface area contributed by atoms with E-state index in [1.807, 2.05) is 36.0 Å². The van der Waals surface area contributed by atoms with Crippen LogP contribution in [0.1, 0.15) is 11.5 Å². The van der Waals surface area contributed by atoms with Crippen molar-refractivity contribution in [2.24, 2.45) is 17.9 Å². The number of rotatable bonds is 3. The van der Waals surface area contributed by atoms with Crippen LogP contribution in [0.4, 0.5) is 0 Å². The van der Waals surface area contributed by atoms with Gasteiger partial charge in [-0.25, -0.2) is 9.67 Å². The summed E-state index contributed by atoms with van der Waals surface area (Å²) in [5, 5.41) is 21.1. The van der Waals surface area contributed by atoms with Gasteiger partial charge in [-0.2, -0.15) is 5.10 Å². The van der Waals surface area contributed by atoms with Gasteiger partial charge in [-0.05, 0) is 6.07 Å². The van der Waals surface area contributed by atoms with E-state index in [0.717, 1.165) is 16.6 Å². The van der Waals surface area contributed by atoms with Crippen LogP contribution in [0, 0.1) is 0 Å². The Balaban J connectivity index is 1.95. The molecule has 3 rings (SSSR count). The summed E-state index contributed by atoms with van der Waals surface area (Å²) in [6, 6.07) is 7.96. The zero-order valence-electron chi connectivity index (χ0n) is 10.8. The molecule has 0 radical (unpaired) electrons. The summed E-state index contributed by atoms with van der Waals surface area (Å²) in [6.45, 7) is 0.465. The molecule has 20 heavy (non-hydrogen) atoms. The summed E-state index contributed by atoms with van der Waals surface area (Å²) in [5.74, 6) is 0.0716. The van der Waals surface area contributed by atoms with Crippen molar-refractivity contribution in [3.05, 3.63) is 42.1 Å². The fourth-order valence-corrected chi connectivity index (χ4v) is 2.09. The maximum atomic E-state index is 8.59. The number of aromatic nitrogens is 5. The maximum Gasteiger partial charge on any atom is 0.219 e. The molecule has 0 spiro atoms. The number of fused-ring (bicyclic) bond motifs is 1. The Morgan fingerprint density at radius 2 is 2.15 bits per heavy atom. The van der Waals surface area contributed by atoms with E-state index in [-0.39, 0.29) is 11.7 Å². The Morgan fingerprint density at radius 3 is 2.95 bits per heavy atom. The Labute approximate surface area is 114 Å². The van der Waals surface area contributed by atoms with Crippen molar-refractivity contribution in [3.8, 4) is 0 Å². The average Bonchev–Trinajstić information content (AvgIpc) is 3.05. The molecule has 2 aromatic heterocycles. The van der Waals surface area contributed by atoms with Crippen molar-refractivity contribution in [2.75, 3.05) is 0 Å². The van der Waals surface area contributed by atoms with Crippen LogP contribution in [0.3, 0.4) is 0 Å². The van der Waals surface area contributed by atoms with Gasteiger partial charge < -0.3 is 10.9 Å². The van der Waals surface area contributed by atoms with E-state index in [2.05, 4.69) is 20.3 Å². The van der Waals surface area contributed by atoms with Crippen LogP contribution >= 0.6 is 0 Å². The van der Waals surface area contributed by atoms with Crippen molar-refractivity contribution in [2.45, 2.75) is 6.54 Å². The topological polar surface area (TPSA) is 107 Å². The van der Waals surface area contributed by atoms with E-state index < -0.39 is 0 Å². The number of aryl methyl sites for hydroxylation is 1. The van der Waals surface area contributed by atoms with Crippen molar-refractivity contribution in [1.29, 1.82) is 0 Å². The lowest BCUT2D eigenvalue weighted by molar-refractivity contribution is 0.318. The molecule has 0 atom stereocenters. The molecule has 0 amide bonds. The highest BCUT2D eigenvalue weighted by molar-refractivity contribution is 5.93. The quantitative estimate of drug-likeness (QED) is 0.308. The molecule has 3 aromatic rings. The monoisotopic (exact) mass is 271 g/mol. The largest absolute Gasteiger partial charge is 0.409 e. The Morgan fingerprint density at radius 1 is 1.35 bits per heavy atom. The average molecular weight is 271 g/mol. The zero-order chi connectivity index (χ0) is 14.1. The van der Waals surface area contributed by atoms with Crippen molar-refractivity contribution in [1.82, 2.24) is 24.5 Å². The predicted octanol–water partition coefficient (Wildman–Crippen LogP) is 0.308. The Hall–Kier alpha value is -2.90. The van der Waals surface area contributed by atoms with E-state index in [9.17, 15) is 0 Å². The molecule has 0 bridgehead atoms. The fraction of sp³-hybridized carbons (Fsp3) is 0.167. The molecule has 1 aromatic carbocycles.